The highest BCUT2D eigenvalue weighted by Gasteiger charge is 2.20. The number of urea groups is 1. The number of pyridine rings is 1. The Morgan fingerprint density at radius 1 is 1.07 bits per heavy atom. The molecule has 0 saturated carbocycles. The second-order valence-corrected chi connectivity index (χ2v) is 3.15. The summed E-state index contributed by atoms with van der Waals surface area (Å²) in [5.74, 6) is 0. The standard InChI is InChI=1S/C5H10N2O.C5H5N/c1-6-3-4-7(2)5(6)8;1-2-4-6-5-3-1/h3-4H2,1-2H3;1-5H. The zero-order valence-corrected chi connectivity index (χ0v) is 8.55. The monoisotopic (exact) mass is 193 g/mol. The molecule has 14 heavy (non-hydrogen) atoms. The minimum atomic E-state index is 0.130. The van der Waals surface area contributed by atoms with Gasteiger partial charge in [-0.2, -0.15) is 0 Å². The smallest absolute Gasteiger partial charge is 0.319 e. The quantitative estimate of drug-likeness (QED) is 0.618. The molecule has 0 aliphatic carbocycles. The molecule has 0 spiro atoms. The van der Waals surface area contributed by atoms with E-state index in [0.717, 1.165) is 13.1 Å². The van der Waals surface area contributed by atoms with Gasteiger partial charge in [0.1, 0.15) is 0 Å². The molecule has 1 aliphatic heterocycles. The Morgan fingerprint density at radius 3 is 1.71 bits per heavy atom. The van der Waals surface area contributed by atoms with Crippen LogP contribution in [0.4, 0.5) is 4.79 Å². The first-order valence-electron chi connectivity index (χ1n) is 4.53. The van der Waals surface area contributed by atoms with E-state index >= 15 is 0 Å². The average Bonchev–Trinajstić information content (AvgIpc) is 2.53. The van der Waals surface area contributed by atoms with Crippen molar-refractivity contribution in [2.45, 2.75) is 0 Å². The van der Waals surface area contributed by atoms with Crippen LogP contribution in [0.15, 0.2) is 30.6 Å². The van der Waals surface area contributed by atoms with Gasteiger partial charge in [0.25, 0.3) is 0 Å². The van der Waals surface area contributed by atoms with Crippen LogP contribution in [0.3, 0.4) is 0 Å². The summed E-state index contributed by atoms with van der Waals surface area (Å²) < 4.78 is 0. The van der Waals surface area contributed by atoms with Gasteiger partial charge < -0.3 is 9.80 Å². The van der Waals surface area contributed by atoms with E-state index in [0.29, 0.717) is 0 Å². The minimum absolute atomic E-state index is 0.130. The van der Waals surface area contributed by atoms with Crippen molar-refractivity contribution in [3.8, 4) is 0 Å². The van der Waals surface area contributed by atoms with E-state index in [1.807, 2.05) is 32.3 Å². The number of amides is 2. The van der Waals surface area contributed by atoms with Gasteiger partial charge in [0, 0.05) is 39.6 Å². The molecule has 0 radical (unpaired) electrons. The Kier molecular flexibility index (Phi) is 3.91. The number of rotatable bonds is 0. The Bertz CT molecular complexity index is 237. The van der Waals surface area contributed by atoms with Gasteiger partial charge in [-0.25, -0.2) is 4.79 Å². The van der Waals surface area contributed by atoms with Crippen LogP contribution in [0.1, 0.15) is 0 Å². The first-order chi connectivity index (χ1) is 6.72. The van der Waals surface area contributed by atoms with Crippen molar-refractivity contribution in [2.24, 2.45) is 0 Å². The molecule has 2 heterocycles. The van der Waals surface area contributed by atoms with Crippen molar-refractivity contribution in [1.82, 2.24) is 14.8 Å². The number of nitrogens with zero attached hydrogens (tertiary/aromatic N) is 3. The van der Waals surface area contributed by atoms with Gasteiger partial charge in [0.05, 0.1) is 0 Å². The average molecular weight is 193 g/mol. The second-order valence-electron chi connectivity index (χ2n) is 3.15. The SMILES string of the molecule is CN1CCN(C)C1=O.c1ccncc1. The van der Waals surface area contributed by atoms with E-state index < -0.39 is 0 Å². The lowest BCUT2D eigenvalue weighted by molar-refractivity contribution is 0.205. The Hall–Kier alpha value is -1.58. The first-order valence-corrected chi connectivity index (χ1v) is 4.53. The lowest BCUT2D eigenvalue weighted by Crippen LogP contribution is -2.25. The Labute approximate surface area is 84.2 Å². The van der Waals surface area contributed by atoms with E-state index in [1.165, 1.54) is 0 Å². The van der Waals surface area contributed by atoms with Gasteiger partial charge in [-0.05, 0) is 12.1 Å². The molecule has 1 aromatic rings. The third-order valence-electron chi connectivity index (χ3n) is 1.99. The van der Waals surface area contributed by atoms with Gasteiger partial charge in [-0.3, -0.25) is 4.98 Å². The molecule has 76 valence electrons. The molecule has 2 rings (SSSR count). The summed E-state index contributed by atoms with van der Waals surface area (Å²) in [5, 5.41) is 0. The van der Waals surface area contributed by atoms with Gasteiger partial charge in [0.2, 0.25) is 0 Å². The number of carbonyl (C=O) groups excluding carboxylic acids is 1. The van der Waals surface area contributed by atoms with Crippen LogP contribution in [0, 0.1) is 0 Å². The molecule has 1 fully saturated rings. The van der Waals surface area contributed by atoms with Crippen LogP contribution < -0.4 is 0 Å². The largest absolute Gasteiger partial charge is 0.326 e. The molecule has 4 nitrogen and oxygen atoms in total. The van der Waals surface area contributed by atoms with Gasteiger partial charge in [0.15, 0.2) is 0 Å². The maximum Gasteiger partial charge on any atom is 0.319 e. The van der Waals surface area contributed by atoms with Crippen molar-refractivity contribution in [3.63, 3.8) is 0 Å². The highest BCUT2D eigenvalue weighted by atomic mass is 16.2. The number of likely N-dealkylation sites (N-methyl/N-ethyl adjacent to an activating group) is 2. The molecule has 0 bridgehead atoms. The molecule has 0 atom stereocenters. The van der Waals surface area contributed by atoms with Gasteiger partial charge in [-0.15, -0.1) is 0 Å². The first kappa shape index (κ1) is 10.5. The van der Waals surface area contributed by atoms with E-state index in [2.05, 4.69) is 4.98 Å². The van der Waals surface area contributed by atoms with E-state index in [4.69, 9.17) is 0 Å². The molecule has 4 heteroatoms. The highest BCUT2D eigenvalue weighted by Crippen LogP contribution is 2.00. The molecule has 2 amide bonds. The third-order valence-corrected chi connectivity index (χ3v) is 1.99. The number of carbonyl (C=O) groups is 1. The zero-order chi connectivity index (χ0) is 10.4. The zero-order valence-electron chi connectivity index (χ0n) is 8.55. The summed E-state index contributed by atoms with van der Waals surface area (Å²) in [7, 11) is 3.62. The fourth-order valence-electron chi connectivity index (χ4n) is 1.10. The highest BCUT2D eigenvalue weighted by molar-refractivity contribution is 5.75. The Balaban J connectivity index is 0.000000146. The van der Waals surface area contributed by atoms with Crippen molar-refractivity contribution in [2.75, 3.05) is 27.2 Å². The lowest BCUT2D eigenvalue weighted by Gasteiger charge is -2.07. The van der Waals surface area contributed by atoms with Crippen LogP contribution in [0.2, 0.25) is 0 Å². The minimum Gasteiger partial charge on any atom is -0.326 e. The van der Waals surface area contributed by atoms with Crippen molar-refractivity contribution >= 4 is 6.03 Å². The third kappa shape index (κ3) is 3.05. The number of hydrogen-bond acceptors (Lipinski definition) is 2. The molecule has 0 aromatic carbocycles. The van der Waals surface area contributed by atoms with E-state index in [9.17, 15) is 4.79 Å². The van der Waals surface area contributed by atoms with Crippen molar-refractivity contribution < 1.29 is 4.79 Å². The van der Waals surface area contributed by atoms with Crippen LogP contribution in [0.5, 0.6) is 0 Å². The summed E-state index contributed by atoms with van der Waals surface area (Å²) in [4.78, 5) is 18.0. The summed E-state index contributed by atoms with van der Waals surface area (Å²) in [6.45, 7) is 1.74. The van der Waals surface area contributed by atoms with Crippen LogP contribution in [-0.2, 0) is 0 Å². The Morgan fingerprint density at radius 2 is 1.57 bits per heavy atom. The molecular weight excluding hydrogens is 178 g/mol. The summed E-state index contributed by atoms with van der Waals surface area (Å²) in [5.41, 5.74) is 0. The van der Waals surface area contributed by atoms with Gasteiger partial charge >= 0.3 is 6.03 Å². The topological polar surface area (TPSA) is 36.4 Å². The van der Waals surface area contributed by atoms with Crippen LogP contribution >= 0.6 is 0 Å². The number of aromatic nitrogens is 1. The lowest BCUT2D eigenvalue weighted by atomic mass is 10.5. The maximum atomic E-state index is 10.8. The van der Waals surface area contributed by atoms with Crippen LogP contribution in [0.25, 0.3) is 0 Å². The molecule has 1 aromatic heterocycles. The number of hydrogen-bond donors (Lipinski definition) is 0. The predicted octanol–water partition coefficient (Wildman–Crippen LogP) is 1.07. The fourth-order valence-corrected chi connectivity index (χ4v) is 1.10. The molecule has 0 N–H and O–H groups in total. The van der Waals surface area contributed by atoms with Gasteiger partial charge in [-0.1, -0.05) is 6.07 Å². The normalized spacial score (nSPS) is 15.1. The molecule has 1 saturated heterocycles. The molecule has 1 aliphatic rings. The van der Waals surface area contributed by atoms with Crippen molar-refractivity contribution in [3.05, 3.63) is 30.6 Å². The molecular formula is C10H15N3O. The summed E-state index contributed by atoms with van der Waals surface area (Å²) in [6, 6.07) is 5.84. The van der Waals surface area contributed by atoms with E-state index in [-0.39, 0.29) is 6.03 Å². The van der Waals surface area contributed by atoms with Crippen LogP contribution in [-0.4, -0.2) is 48.0 Å². The predicted molar refractivity (Wildman–Crippen MR) is 54.9 cm³/mol. The molecule has 0 unspecified atom stereocenters. The van der Waals surface area contributed by atoms with Crippen molar-refractivity contribution in [1.29, 1.82) is 0 Å². The summed E-state index contributed by atoms with van der Waals surface area (Å²) >= 11 is 0. The second kappa shape index (κ2) is 5.21. The summed E-state index contributed by atoms with van der Waals surface area (Å²) in [6.07, 6.45) is 3.50. The maximum absolute atomic E-state index is 10.8. The fraction of sp³-hybridized carbons (Fsp3) is 0.400. The van der Waals surface area contributed by atoms with E-state index in [1.54, 1.807) is 22.2 Å².